The Morgan fingerprint density at radius 2 is 1.87 bits per heavy atom. The summed E-state index contributed by atoms with van der Waals surface area (Å²) in [5.74, 6) is 1.18. The van der Waals surface area contributed by atoms with Gasteiger partial charge in [0.15, 0.2) is 5.96 Å². The summed E-state index contributed by atoms with van der Waals surface area (Å²) in [5, 5.41) is 3.12. The van der Waals surface area contributed by atoms with Crippen molar-refractivity contribution in [1.29, 1.82) is 0 Å². The van der Waals surface area contributed by atoms with Crippen molar-refractivity contribution in [2.24, 2.45) is 10.7 Å². The molecule has 4 nitrogen and oxygen atoms in total. The third kappa shape index (κ3) is 4.20. The minimum Gasteiger partial charge on any atom is -0.495 e. The van der Waals surface area contributed by atoms with Gasteiger partial charge in [0.1, 0.15) is 5.75 Å². The molecule has 1 saturated carbocycles. The molecular weight excluding hydrogens is 306 g/mol. The first kappa shape index (κ1) is 15.7. The van der Waals surface area contributed by atoms with E-state index in [9.17, 15) is 0 Å². The lowest BCUT2D eigenvalue weighted by molar-refractivity contribution is 0.417. The molecule has 0 aliphatic heterocycles. The average molecular weight is 327 g/mol. The number of nitrogens with two attached hydrogens (primary N) is 1. The van der Waals surface area contributed by atoms with Gasteiger partial charge in [0, 0.05) is 9.64 Å². The predicted octanol–water partition coefficient (Wildman–Crippen LogP) is 3.75. The fraction of sp³-hybridized carbons (Fsp3) is 0.278. The summed E-state index contributed by atoms with van der Waals surface area (Å²) >= 11 is 1.90. The van der Waals surface area contributed by atoms with Crippen LogP contribution in [-0.4, -0.2) is 24.4 Å². The molecule has 1 aliphatic rings. The zero-order valence-corrected chi connectivity index (χ0v) is 14.0. The van der Waals surface area contributed by atoms with Crippen LogP contribution < -0.4 is 15.8 Å². The van der Waals surface area contributed by atoms with E-state index in [0.717, 1.165) is 18.0 Å². The van der Waals surface area contributed by atoms with Gasteiger partial charge in [0.05, 0.1) is 19.3 Å². The second-order valence-corrected chi connectivity index (χ2v) is 7.17. The van der Waals surface area contributed by atoms with Crippen molar-refractivity contribution in [3.05, 3.63) is 54.6 Å². The minimum atomic E-state index is 0.203. The number of hydrogen-bond acceptors (Lipinski definition) is 3. The monoisotopic (exact) mass is 327 g/mol. The Labute approximate surface area is 141 Å². The van der Waals surface area contributed by atoms with Gasteiger partial charge in [0.2, 0.25) is 0 Å². The van der Waals surface area contributed by atoms with Crippen molar-refractivity contribution in [3.63, 3.8) is 0 Å². The Morgan fingerprint density at radius 3 is 2.57 bits per heavy atom. The first-order chi connectivity index (χ1) is 11.2. The summed E-state index contributed by atoms with van der Waals surface area (Å²) in [6, 6.07) is 18.1. The lowest BCUT2D eigenvalue weighted by Crippen LogP contribution is -2.24. The number of thioether (sulfide) groups is 1. The number of benzene rings is 2. The number of rotatable bonds is 6. The third-order valence-corrected chi connectivity index (χ3v) is 5.27. The number of aliphatic imine (C=N–C) groups is 1. The van der Waals surface area contributed by atoms with Crippen LogP contribution in [0.2, 0.25) is 0 Å². The summed E-state index contributed by atoms with van der Waals surface area (Å²) in [5.41, 5.74) is 6.86. The largest absolute Gasteiger partial charge is 0.495 e. The van der Waals surface area contributed by atoms with Crippen LogP contribution in [0.15, 0.2) is 64.5 Å². The van der Waals surface area contributed by atoms with E-state index in [1.807, 2.05) is 42.1 Å². The number of nitrogens with zero attached hydrogens (tertiary/aromatic N) is 1. The molecule has 0 radical (unpaired) electrons. The van der Waals surface area contributed by atoms with Gasteiger partial charge in [-0.1, -0.05) is 30.3 Å². The van der Waals surface area contributed by atoms with E-state index in [0.29, 0.717) is 5.96 Å². The van der Waals surface area contributed by atoms with Gasteiger partial charge in [-0.2, -0.15) is 0 Å². The number of anilines is 1. The number of methoxy groups -OCH3 is 1. The Balaban J connectivity index is 1.61. The Hall–Kier alpha value is -2.14. The summed E-state index contributed by atoms with van der Waals surface area (Å²) in [6.07, 6.45) is 2.36. The highest BCUT2D eigenvalue weighted by atomic mass is 32.2. The Bertz CT molecular complexity index is 684. The molecule has 2 aromatic rings. The van der Waals surface area contributed by atoms with Crippen LogP contribution >= 0.6 is 11.8 Å². The van der Waals surface area contributed by atoms with Gasteiger partial charge in [-0.3, -0.25) is 4.99 Å². The van der Waals surface area contributed by atoms with E-state index in [4.69, 9.17) is 10.5 Å². The second-order valence-electron chi connectivity index (χ2n) is 5.62. The molecule has 0 bridgehead atoms. The molecule has 1 fully saturated rings. The molecule has 1 aliphatic carbocycles. The molecule has 0 heterocycles. The summed E-state index contributed by atoms with van der Waals surface area (Å²) in [7, 11) is 1.64. The molecule has 3 rings (SSSR count). The molecule has 0 saturated heterocycles. The molecule has 23 heavy (non-hydrogen) atoms. The van der Waals surface area contributed by atoms with Crippen LogP contribution in [0.25, 0.3) is 0 Å². The molecule has 0 amide bonds. The molecule has 3 N–H and O–H groups in total. The van der Waals surface area contributed by atoms with Crippen molar-refractivity contribution >= 4 is 23.4 Å². The van der Waals surface area contributed by atoms with Gasteiger partial charge >= 0.3 is 0 Å². The maximum absolute atomic E-state index is 6.03. The van der Waals surface area contributed by atoms with Gasteiger partial charge < -0.3 is 15.8 Å². The normalized spacial score (nSPS) is 16.0. The molecule has 0 unspecified atom stereocenters. The fourth-order valence-electron chi connectivity index (χ4n) is 2.33. The zero-order valence-electron chi connectivity index (χ0n) is 13.2. The van der Waals surface area contributed by atoms with Crippen molar-refractivity contribution in [2.75, 3.05) is 19.0 Å². The highest BCUT2D eigenvalue weighted by Crippen LogP contribution is 2.51. The van der Waals surface area contributed by atoms with Crippen LogP contribution in [0.3, 0.4) is 0 Å². The van der Waals surface area contributed by atoms with Gasteiger partial charge in [0.25, 0.3) is 0 Å². The van der Waals surface area contributed by atoms with E-state index in [1.165, 1.54) is 17.7 Å². The maximum atomic E-state index is 6.03. The Morgan fingerprint density at radius 1 is 1.17 bits per heavy atom. The summed E-state index contributed by atoms with van der Waals surface area (Å²) < 4.78 is 5.51. The van der Waals surface area contributed by atoms with Crippen molar-refractivity contribution in [3.8, 4) is 5.75 Å². The Kier molecular flexibility index (Phi) is 4.76. The quantitative estimate of drug-likeness (QED) is 0.627. The lowest BCUT2D eigenvalue weighted by Gasteiger charge is -2.14. The van der Waals surface area contributed by atoms with Crippen LogP contribution in [0.1, 0.15) is 12.8 Å². The number of guanidine groups is 1. The fourth-order valence-corrected chi connectivity index (χ4v) is 3.55. The summed E-state index contributed by atoms with van der Waals surface area (Å²) in [6.45, 7) is 0.723. The van der Waals surface area contributed by atoms with E-state index in [2.05, 4.69) is 34.6 Å². The summed E-state index contributed by atoms with van der Waals surface area (Å²) in [4.78, 5) is 5.82. The topological polar surface area (TPSA) is 59.6 Å². The van der Waals surface area contributed by atoms with Crippen LogP contribution in [0.5, 0.6) is 5.75 Å². The van der Waals surface area contributed by atoms with Crippen molar-refractivity contribution in [1.82, 2.24) is 0 Å². The van der Waals surface area contributed by atoms with E-state index < -0.39 is 0 Å². The van der Waals surface area contributed by atoms with E-state index in [-0.39, 0.29) is 4.75 Å². The maximum Gasteiger partial charge on any atom is 0.193 e. The lowest BCUT2D eigenvalue weighted by atomic mass is 10.3. The van der Waals surface area contributed by atoms with Gasteiger partial charge in [-0.05, 0) is 37.1 Å². The minimum absolute atomic E-state index is 0.203. The van der Waals surface area contributed by atoms with Crippen LogP contribution in [0, 0.1) is 0 Å². The number of para-hydroxylation sites is 2. The standard InChI is InChI=1S/C18H21N3OS/c1-22-16-10-6-5-9-15(16)21-17(19)20-13-18(11-12-18)23-14-7-3-2-4-8-14/h2-10H,11-13H2,1H3,(H3,19,20,21). The number of hydrogen-bond donors (Lipinski definition) is 2. The van der Waals surface area contributed by atoms with Crippen LogP contribution in [0.4, 0.5) is 5.69 Å². The van der Waals surface area contributed by atoms with Crippen molar-refractivity contribution < 1.29 is 4.74 Å². The molecule has 5 heteroatoms. The van der Waals surface area contributed by atoms with Gasteiger partial charge in [-0.15, -0.1) is 11.8 Å². The first-order valence-electron chi connectivity index (χ1n) is 7.65. The highest BCUT2D eigenvalue weighted by molar-refractivity contribution is 8.01. The van der Waals surface area contributed by atoms with Gasteiger partial charge in [-0.25, -0.2) is 0 Å². The molecular formula is C18H21N3OS. The molecule has 0 aromatic heterocycles. The second kappa shape index (κ2) is 6.96. The molecule has 120 valence electrons. The van der Waals surface area contributed by atoms with E-state index in [1.54, 1.807) is 7.11 Å². The highest BCUT2D eigenvalue weighted by Gasteiger charge is 2.43. The molecule has 0 atom stereocenters. The number of nitrogens with one attached hydrogen (secondary N) is 1. The molecule has 0 spiro atoms. The average Bonchev–Trinajstić information content (AvgIpc) is 3.34. The third-order valence-electron chi connectivity index (χ3n) is 3.79. The first-order valence-corrected chi connectivity index (χ1v) is 8.46. The molecule has 2 aromatic carbocycles. The number of ether oxygens (including phenoxy) is 1. The van der Waals surface area contributed by atoms with Crippen molar-refractivity contribution in [2.45, 2.75) is 22.5 Å². The SMILES string of the molecule is COc1ccccc1NC(N)=NCC1(Sc2ccccc2)CC1. The smallest absolute Gasteiger partial charge is 0.193 e. The van der Waals surface area contributed by atoms with E-state index >= 15 is 0 Å². The predicted molar refractivity (Wildman–Crippen MR) is 97.4 cm³/mol. The van der Waals surface area contributed by atoms with Crippen LogP contribution in [-0.2, 0) is 0 Å². The zero-order chi connectivity index (χ0) is 16.1.